The number of amides is 1. The second-order valence-corrected chi connectivity index (χ2v) is 4.60. The van der Waals surface area contributed by atoms with Crippen LogP contribution in [0.3, 0.4) is 0 Å². The van der Waals surface area contributed by atoms with Crippen molar-refractivity contribution in [3.8, 4) is 0 Å². The summed E-state index contributed by atoms with van der Waals surface area (Å²) in [7, 11) is 1.66. The van der Waals surface area contributed by atoms with E-state index in [2.05, 4.69) is 12.2 Å². The van der Waals surface area contributed by atoms with E-state index in [1.165, 1.54) is 0 Å². The van der Waals surface area contributed by atoms with Crippen molar-refractivity contribution in [3.63, 3.8) is 0 Å². The number of rotatable bonds is 6. The summed E-state index contributed by atoms with van der Waals surface area (Å²) in [6.07, 6.45) is 2.72. The molecule has 0 aromatic carbocycles. The number of methoxy groups -OCH3 is 1. The first-order chi connectivity index (χ1) is 7.14. The lowest BCUT2D eigenvalue weighted by Crippen LogP contribution is -2.53. The van der Waals surface area contributed by atoms with Crippen molar-refractivity contribution in [2.75, 3.05) is 26.8 Å². The Morgan fingerprint density at radius 3 is 2.73 bits per heavy atom. The molecule has 0 radical (unpaired) electrons. The van der Waals surface area contributed by atoms with Gasteiger partial charge in [-0.2, -0.15) is 0 Å². The first kappa shape index (κ1) is 12.5. The third kappa shape index (κ3) is 2.92. The Labute approximate surface area is 91.5 Å². The van der Waals surface area contributed by atoms with E-state index < -0.39 is 0 Å². The topological polar surface area (TPSA) is 64.3 Å². The van der Waals surface area contributed by atoms with Crippen molar-refractivity contribution in [1.82, 2.24) is 5.32 Å². The van der Waals surface area contributed by atoms with E-state index in [4.69, 9.17) is 10.5 Å². The van der Waals surface area contributed by atoms with Crippen LogP contribution >= 0.6 is 0 Å². The SMILES string of the molecule is COCCCNC(=O)C1(CN)CC(C)C1. The predicted octanol–water partition coefficient (Wildman–Crippen LogP) is 0.514. The number of nitrogens with two attached hydrogens (primary N) is 1. The molecule has 0 unspecified atom stereocenters. The van der Waals surface area contributed by atoms with E-state index >= 15 is 0 Å². The fourth-order valence-corrected chi connectivity index (χ4v) is 2.32. The molecule has 15 heavy (non-hydrogen) atoms. The molecule has 4 nitrogen and oxygen atoms in total. The number of carbonyl (C=O) groups is 1. The fraction of sp³-hybridized carbons (Fsp3) is 0.909. The Hall–Kier alpha value is -0.610. The van der Waals surface area contributed by atoms with Gasteiger partial charge in [0.05, 0.1) is 5.41 Å². The van der Waals surface area contributed by atoms with E-state index in [9.17, 15) is 4.79 Å². The minimum atomic E-state index is -0.271. The van der Waals surface area contributed by atoms with Gasteiger partial charge in [-0.3, -0.25) is 4.79 Å². The van der Waals surface area contributed by atoms with Crippen LogP contribution in [0.1, 0.15) is 26.2 Å². The monoisotopic (exact) mass is 214 g/mol. The average molecular weight is 214 g/mol. The highest BCUT2D eigenvalue weighted by Gasteiger charge is 2.46. The molecular weight excluding hydrogens is 192 g/mol. The van der Waals surface area contributed by atoms with Crippen LogP contribution in [-0.2, 0) is 9.53 Å². The van der Waals surface area contributed by atoms with E-state index in [-0.39, 0.29) is 11.3 Å². The van der Waals surface area contributed by atoms with Gasteiger partial charge in [0.15, 0.2) is 0 Å². The molecule has 4 heteroatoms. The molecule has 0 spiro atoms. The van der Waals surface area contributed by atoms with Gasteiger partial charge < -0.3 is 15.8 Å². The summed E-state index contributed by atoms with van der Waals surface area (Å²) in [4.78, 5) is 11.9. The van der Waals surface area contributed by atoms with E-state index in [1.807, 2.05) is 0 Å². The van der Waals surface area contributed by atoms with Crippen LogP contribution in [0.2, 0.25) is 0 Å². The summed E-state index contributed by atoms with van der Waals surface area (Å²) >= 11 is 0. The van der Waals surface area contributed by atoms with Crippen molar-refractivity contribution in [1.29, 1.82) is 0 Å². The number of ether oxygens (including phenoxy) is 1. The van der Waals surface area contributed by atoms with Crippen LogP contribution in [0.15, 0.2) is 0 Å². The first-order valence-electron chi connectivity index (χ1n) is 5.62. The maximum Gasteiger partial charge on any atom is 0.227 e. The van der Waals surface area contributed by atoms with Crippen LogP contribution in [0, 0.1) is 11.3 Å². The van der Waals surface area contributed by atoms with Gasteiger partial charge in [0, 0.05) is 26.8 Å². The lowest BCUT2D eigenvalue weighted by molar-refractivity contribution is -0.138. The molecule has 0 atom stereocenters. The predicted molar refractivity (Wildman–Crippen MR) is 59.4 cm³/mol. The molecule has 0 aromatic heterocycles. The van der Waals surface area contributed by atoms with Crippen molar-refractivity contribution < 1.29 is 9.53 Å². The van der Waals surface area contributed by atoms with E-state index in [0.717, 1.165) is 19.3 Å². The van der Waals surface area contributed by atoms with Crippen molar-refractivity contribution in [2.45, 2.75) is 26.2 Å². The summed E-state index contributed by atoms with van der Waals surface area (Å²) in [5.74, 6) is 0.762. The average Bonchev–Trinajstić information content (AvgIpc) is 2.19. The molecule has 0 saturated heterocycles. The molecule has 0 heterocycles. The van der Waals surface area contributed by atoms with Gasteiger partial charge in [0.2, 0.25) is 5.91 Å². The summed E-state index contributed by atoms with van der Waals surface area (Å²) in [6, 6.07) is 0. The third-order valence-electron chi connectivity index (χ3n) is 3.16. The van der Waals surface area contributed by atoms with Crippen molar-refractivity contribution in [3.05, 3.63) is 0 Å². The molecule has 1 aliphatic rings. The van der Waals surface area contributed by atoms with Crippen LogP contribution in [0.25, 0.3) is 0 Å². The van der Waals surface area contributed by atoms with Crippen LogP contribution in [0.4, 0.5) is 0 Å². The molecule has 1 rings (SSSR count). The molecule has 0 aliphatic heterocycles. The zero-order valence-electron chi connectivity index (χ0n) is 9.71. The molecule has 0 bridgehead atoms. The minimum Gasteiger partial charge on any atom is -0.385 e. The number of nitrogens with one attached hydrogen (secondary N) is 1. The van der Waals surface area contributed by atoms with Crippen LogP contribution in [-0.4, -0.2) is 32.7 Å². The Kier molecular flexibility index (Phi) is 4.54. The maximum absolute atomic E-state index is 11.9. The normalized spacial score (nSPS) is 29.7. The molecule has 88 valence electrons. The zero-order valence-corrected chi connectivity index (χ0v) is 9.71. The van der Waals surface area contributed by atoms with Gasteiger partial charge in [-0.1, -0.05) is 6.92 Å². The molecule has 1 saturated carbocycles. The van der Waals surface area contributed by atoms with E-state index in [1.54, 1.807) is 7.11 Å². The molecule has 0 aromatic rings. The first-order valence-corrected chi connectivity index (χ1v) is 5.62. The minimum absolute atomic E-state index is 0.124. The summed E-state index contributed by atoms with van der Waals surface area (Å²) < 4.78 is 4.92. The van der Waals surface area contributed by atoms with Crippen LogP contribution in [0.5, 0.6) is 0 Å². The summed E-state index contributed by atoms with van der Waals surface area (Å²) in [6.45, 7) is 3.99. The Bertz CT molecular complexity index is 213. The van der Waals surface area contributed by atoms with Gasteiger partial charge in [-0.25, -0.2) is 0 Å². The molecular formula is C11H22N2O2. The van der Waals surface area contributed by atoms with Crippen molar-refractivity contribution >= 4 is 5.91 Å². The van der Waals surface area contributed by atoms with Gasteiger partial charge in [0.25, 0.3) is 0 Å². The van der Waals surface area contributed by atoms with Gasteiger partial charge in [-0.05, 0) is 25.2 Å². The highest BCUT2D eigenvalue weighted by Crippen LogP contribution is 2.44. The summed E-state index contributed by atoms with van der Waals surface area (Å²) in [5.41, 5.74) is 5.41. The smallest absolute Gasteiger partial charge is 0.227 e. The fourth-order valence-electron chi connectivity index (χ4n) is 2.32. The van der Waals surface area contributed by atoms with Crippen LogP contribution < -0.4 is 11.1 Å². The highest BCUT2D eigenvalue weighted by molar-refractivity contribution is 5.83. The molecule has 1 amide bonds. The van der Waals surface area contributed by atoms with Gasteiger partial charge >= 0.3 is 0 Å². The Balaban J connectivity index is 2.26. The van der Waals surface area contributed by atoms with Gasteiger partial charge in [-0.15, -0.1) is 0 Å². The highest BCUT2D eigenvalue weighted by atomic mass is 16.5. The number of carbonyl (C=O) groups excluding carboxylic acids is 1. The van der Waals surface area contributed by atoms with E-state index in [0.29, 0.717) is 25.6 Å². The third-order valence-corrected chi connectivity index (χ3v) is 3.16. The lowest BCUT2D eigenvalue weighted by Gasteiger charge is -2.44. The second-order valence-electron chi connectivity index (χ2n) is 4.60. The summed E-state index contributed by atoms with van der Waals surface area (Å²) in [5, 5.41) is 2.93. The maximum atomic E-state index is 11.9. The Morgan fingerprint density at radius 1 is 1.60 bits per heavy atom. The molecule has 1 aliphatic carbocycles. The zero-order chi connectivity index (χ0) is 11.3. The number of hydrogen-bond donors (Lipinski definition) is 2. The number of hydrogen-bond acceptors (Lipinski definition) is 3. The molecule has 1 fully saturated rings. The largest absolute Gasteiger partial charge is 0.385 e. The standard InChI is InChI=1S/C11H22N2O2/c1-9-6-11(7-9,8-12)10(14)13-4-3-5-15-2/h9H,3-8,12H2,1-2H3,(H,13,14). The van der Waals surface area contributed by atoms with Crippen molar-refractivity contribution in [2.24, 2.45) is 17.1 Å². The molecule has 3 N–H and O–H groups in total. The van der Waals surface area contributed by atoms with Gasteiger partial charge in [0.1, 0.15) is 0 Å². The lowest BCUT2D eigenvalue weighted by atomic mass is 9.62. The Morgan fingerprint density at radius 2 is 2.27 bits per heavy atom. The second kappa shape index (κ2) is 5.47. The quantitative estimate of drug-likeness (QED) is 0.633.